The zero-order valence-corrected chi connectivity index (χ0v) is 9.66. The van der Waals surface area contributed by atoms with E-state index in [0.29, 0.717) is 0 Å². The molecule has 0 atom stereocenters. The predicted molar refractivity (Wildman–Crippen MR) is 65.6 cm³/mol. The summed E-state index contributed by atoms with van der Waals surface area (Å²) in [6.45, 7) is 3.99. The van der Waals surface area contributed by atoms with Gasteiger partial charge in [0.1, 0.15) is 6.34 Å². The molecule has 1 aromatic carbocycles. The monoisotopic (exact) mass is 220 g/mol. The van der Waals surface area contributed by atoms with Crippen LogP contribution in [0.25, 0.3) is 0 Å². The summed E-state index contributed by atoms with van der Waals surface area (Å²) in [5.74, 6) is 0. The lowest BCUT2D eigenvalue weighted by Crippen LogP contribution is -2.31. The average molecular weight is 220 g/mol. The van der Waals surface area contributed by atoms with E-state index in [0.717, 1.165) is 16.8 Å². The van der Waals surface area contributed by atoms with Gasteiger partial charge in [0.25, 0.3) is 0 Å². The largest absolute Gasteiger partial charge is 0.341 e. The first-order valence-corrected chi connectivity index (χ1v) is 4.97. The fourth-order valence-corrected chi connectivity index (χ4v) is 1.25. The lowest BCUT2D eigenvalue weighted by molar-refractivity contribution is 0.247. The van der Waals surface area contributed by atoms with E-state index in [4.69, 9.17) is 0 Å². The molecule has 0 aliphatic heterocycles. The van der Waals surface area contributed by atoms with Gasteiger partial charge >= 0.3 is 6.03 Å². The molecule has 5 heteroatoms. The molecule has 5 nitrogen and oxygen atoms in total. The van der Waals surface area contributed by atoms with Crippen molar-refractivity contribution in [3.8, 4) is 0 Å². The number of hydrazone groups is 1. The Bertz CT molecular complexity index is 381. The molecule has 0 unspecified atom stereocenters. The maximum atomic E-state index is 10.8. The summed E-state index contributed by atoms with van der Waals surface area (Å²) < 4.78 is 0. The van der Waals surface area contributed by atoms with Crippen LogP contribution < -0.4 is 16.1 Å². The first-order valence-electron chi connectivity index (χ1n) is 4.97. The van der Waals surface area contributed by atoms with E-state index in [1.54, 1.807) is 7.05 Å². The van der Waals surface area contributed by atoms with Gasteiger partial charge in [-0.1, -0.05) is 18.2 Å². The maximum Gasteiger partial charge on any atom is 0.319 e. The Hall–Kier alpha value is -2.04. The number of hydrogen-bond donors (Lipinski definition) is 3. The number of aryl methyl sites for hydroxylation is 2. The van der Waals surface area contributed by atoms with Gasteiger partial charge in [0.15, 0.2) is 0 Å². The van der Waals surface area contributed by atoms with Crippen LogP contribution in [0.5, 0.6) is 0 Å². The van der Waals surface area contributed by atoms with Crippen molar-refractivity contribution in [3.63, 3.8) is 0 Å². The molecule has 0 bridgehead atoms. The van der Waals surface area contributed by atoms with E-state index in [9.17, 15) is 4.79 Å². The van der Waals surface area contributed by atoms with Crippen molar-refractivity contribution < 1.29 is 4.79 Å². The van der Waals surface area contributed by atoms with Crippen molar-refractivity contribution in [1.29, 1.82) is 0 Å². The molecule has 2 amide bonds. The number of hydrogen-bond acceptors (Lipinski definition) is 3. The first-order chi connectivity index (χ1) is 7.65. The van der Waals surface area contributed by atoms with Crippen LogP contribution in [0.3, 0.4) is 0 Å². The van der Waals surface area contributed by atoms with E-state index in [1.807, 2.05) is 32.0 Å². The second kappa shape index (κ2) is 5.75. The van der Waals surface area contributed by atoms with Gasteiger partial charge < -0.3 is 5.32 Å². The third-order valence-electron chi connectivity index (χ3n) is 2.14. The molecular formula is C11H16N4O. The number of amides is 2. The van der Waals surface area contributed by atoms with Crippen LogP contribution in [0.4, 0.5) is 10.5 Å². The molecule has 0 saturated heterocycles. The number of benzene rings is 1. The van der Waals surface area contributed by atoms with Crippen molar-refractivity contribution in [1.82, 2.24) is 10.6 Å². The normalized spacial score (nSPS) is 10.2. The molecule has 3 N–H and O–H groups in total. The van der Waals surface area contributed by atoms with Crippen LogP contribution in [0.2, 0.25) is 0 Å². The van der Waals surface area contributed by atoms with Gasteiger partial charge in [0, 0.05) is 7.05 Å². The van der Waals surface area contributed by atoms with E-state index in [1.165, 1.54) is 6.34 Å². The molecule has 1 aromatic rings. The highest BCUT2D eigenvalue weighted by Crippen LogP contribution is 2.18. The lowest BCUT2D eigenvalue weighted by atomic mass is 10.1. The zero-order chi connectivity index (χ0) is 12.0. The highest BCUT2D eigenvalue weighted by atomic mass is 16.2. The number of nitrogens with zero attached hydrogens (tertiary/aromatic N) is 1. The number of carbonyl (C=O) groups excluding carboxylic acids is 1. The highest BCUT2D eigenvalue weighted by Gasteiger charge is 1.98. The molecule has 0 fully saturated rings. The molecular weight excluding hydrogens is 204 g/mol. The van der Waals surface area contributed by atoms with Crippen molar-refractivity contribution in [3.05, 3.63) is 29.3 Å². The van der Waals surface area contributed by atoms with Crippen LogP contribution in [0.1, 0.15) is 11.1 Å². The maximum absolute atomic E-state index is 10.8. The summed E-state index contributed by atoms with van der Waals surface area (Å²) in [6.07, 6.45) is 1.31. The SMILES string of the molecule is CNC(=O)NC=NNc1c(C)cccc1C. The molecule has 0 radical (unpaired) electrons. The van der Waals surface area contributed by atoms with Gasteiger partial charge in [-0.05, 0) is 25.0 Å². The third-order valence-corrected chi connectivity index (χ3v) is 2.14. The molecule has 0 aliphatic rings. The van der Waals surface area contributed by atoms with E-state index in [2.05, 4.69) is 21.2 Å². The molecule has 0 spiro atoms. The Morgan fingerprint density at radius 2 is 1.94 bits per heavy atom. The summed E-state index contributed by atoms with van der Waals surface area (Å²) in [4.78, 5) is 10.8. The Morgan fingerprint density at radius 1 is 1.31 bits per heavy atom. The minimum atomic E-state index is -0.299. The molecule has 16 heavy (non-hydrogen) atoms. The van der Waals surface area contributed by atoms with E-state index in [-0.39, 0.29) is 6.03 Å². The number of urea groups is 1. The van der Waals surface area contributed by atoms with E-state index < -0.39 is 0 Å². The second-order valence-corrected chi connectivity index (χ2v) is 3.36. The zero-order valence-electron chi connectivity index (χ0n) is 9.66. The average Bonchev–Trinajstić information content (AvgIpc) is 2.27. The minimum absolute atomic E-state index is 0.299. The van der Waals surface area contributed by atoms with Crippen LogP contribution >= 0.6 is 0 Å². The Kier molecular flexibility index (Phi) is 4.32. The van der Waals surface area contributed by atoms with Gasteiger partial charge in [-0.25, -0.2) is 4.79 Å². The smallest absolute Gasteiger partial charge is 0.319 e. The van der Waals surface area contributed by atoms with Gasteiger partial charge in [0.2, 0.25) is 0 Å². The minimum Gasteiger partial charge on any atom is -0.341 e. The summed E-state index contributed by atoms with van der Waals surface area (Å²) >= 11 is 0. The van der Waals surface area contributed by atoms with Crippen molar-refractivity contribution in [2.75, 3.05) is 12.5 Å². The number of carbonyl (C=O) groups is 1. The third kappa shape index (κ3) is 3.27. The highest BCUT2D eigenvalue weighted by molar-refractivity contribution is 5.86. The topological polar surface area (TPSA) is 65.5 Å². The molecule has 86 valence electrons. The summed E-state index contributed by atoms with van der Waals surface area (Å²) in [5.41, 5.74) is 6.06. The van der Waals surface area contributed by atoms with Gasteiger partial charge in [-0.3, -0.25) is 10.7 Å². The Morgan fingerprint density at radius 3 is 2.50 bits per heavy atom. The molecule has 0 saturated carbocycles. The Balaban J connectivity index is 2.58. The van der Waals surface area contributed by atoms with Gasteiger partial charge in [-0.2, -0.15) is 5.10 Å². The van der Waals surface area contributed by atoms with Crippen LogP contribution in [0.15, 0.2) is 23.3 Å². The molecule has 0 aliphatic carbocycles. The number of anilines is 1. The number of nitrogens with one attached hydrogen (secondary N) is 3. The summed E-state index contributed by atoms with van der Waals surface area (Å²) in [5, 5.41) is 8.76. The molecule has 1 rings (SSSR count). The number of para-hydroxylation sites is 1. The standard InChI is InChI=1S/C11H16N4O/c1-8-5-4-6-9(2)10(8)15-14-7-13-11(16)12-3/h4-7,15H,1-3H3,(H2,12,13,14,16). The summed E-state index contributed by atoms with van der Waals surface area (Å²) in [7, 11) is 1.54. The van der Waals surface area contributed by atoms with Gasteiger partial charge in [0.05, 0.1) is 5.69 Å². The fourth-order valence-electron chi connectivity index (χ4n) is 1.25. The van der Waals surface area contributed by atoms with Crippen LogP contribution in [-0.2, 0) is 0 Å². The van der Waals surface area contributed by atoms with Crippen molar-refractivity contribution in [2.24, 2.45) is 5.10 Å². The fraction of sp³-hybridized carbons (Fsp3) is 0.273. The Labute approximate surface area is 94.9 Å². The molecule has 0 aromatic heterocycles. The van der Waals surface area contributed by atoms with Crippen LogP contribution in [0, 0.1) is 13.8 Å². The van der Waals surface area contributed by atoms with Crippen molar-refractivity contribution >= 4 is 18.1 Å². The lowest BCUT2D eigenvalue weighted by Gasteiger charge is -2.07. The van der Waals surface area contributed by atoms with E-state index >= 15 is 0 Å². The van der Waals surface area contributed by atoms with Crippen LogP contribution in [-0.4, -0.2) is 19.4 Å². The summed E-state index contributed by atoms with van der Waals surface area (Å²) in [6, 6.07) is 5.68. The van der Waals surface area contributed by atoms with Gasteiger partial charge in [-0.15, -0.1) is 0 Å². The van der Waals surface area contributed by atoms with Crippen molar-refractivity contribution in [2.45, 2.75) is 13.8 Å². The molecule has 0 heterocycles. The predicted octanol–water partition coefficient (Wildman–Crippen LogP) is 1.59. The number of rotatable bonds is 3. The second-order valence-electron chi connectivity index (χ2n) is 3.36. The quantitative estimate of drug-likeness (QED) is 0.411. The first kappa shape index (κ1) is 12.0.